The van der Waals surface area contributed by atoms with Crippen LogP contribution in [0.25, 0.3) is 0 Å². The van der Waals surface area contributed by atoms with Gasteiger partial charge in [0.2, 0.25) is 5.91 Å². The third-order valence-corrected chi connectivity index (χ3v) is 5.84. The summed E-state index contributed by atoms with van der Waals surface area (Å²) in [6.07, 6.45) is 12.0. The van der Waals surface area contributed by atoms with Gasteiger partial charge in [0, 0.05) is 38.6 Å². The summed E-state index contributed by atoms with van der Waals surface area (Å²) in [5.74, 6) is 1.55. The van der Waals surface area contributed by atoms with Gasteiger partial charge in [-0.2, -0.15) is 0 Å². The maximum absolute atomic E-state index is 12.6. The number of amides is 1. The lowest BCUT2D eigenvalue weighted by atomic mass is 10.1. The zero-order valence-electron chi connectivity index (χ0n) is 17.8. The van der Waals surface area contributed by atoms with Gasteiger partial charge in [0.05, 0.1) is 0 Å². The Morgan fingerprint density at radius 1 is 1.07 bits per heavy atom. The molecule has 0 radical (unpaired) electrons. The summed E-state index contributed by atoms with van der Waals surface area (Å²) < 4.78 is 0. The molecule has 1 aliphatic heterocycles. The molecule has 0 aromatic rings. The SMILES string of the molecule is CN=C(NCCCCCCCN(C)C)NC1CCN(C(=O)C2CCCC2)C1. The molecule has 27 heavy (non-hydrogen) atoms. The molecule has 0 spiro atoms. The van der Waals surface area contributed by atoms with E-state index in [1.54, 1.807) is 0 Å². The Balaban J connectivity index is 1.55. The molecule has 2 rings (SSSR count). The van der Waals surface area contributed by atoms with Crippen LogP contribution in [0.1, 0.15) is 64.2 Å². The molecule has 2 aliphatic rings. The lowest BCUT2D eigenvalue weighted by Gasteiger charge is -2.21. The van der Waals surface area contributed by atoms with Gasteiger partial charge in [0.1, 0.15) is 0 Å². The van der Waals surface area contributed by atoms with Crippen molar-refractivity contribution in [1.82, 2.24) is 20.4 Å². The first-order valence-corrected chi connectivity index (χ1v) is 11.0. The maximum atomic E-state index is 12.6. The Morgan fingerprint density at radius 3 is 2.48 bits per heavy atom. The van der Waals surface area contributed by atoms with Crippen molar-refractivity contribution in [2.75, 3.05) is 47.3 Å². The molecule has 6 heteroatoms. The van der Waals surface area contributed by atoms with Gasteiger partial charge < -0.3 is 20.4 Å². The fourth-order valence-electron chi connectivity index (χ4n) is 4.19. The third-order valence-electron chi connectivity index (χ3n) is 5.84. The number of nitrogens with one attached hydrogen (secondary N) is 2. The maximum Gasteiger partial charge on any atom is 0.225 e. The van der Waals surface area contributed by atoms with Crippen LogP contribution in [0.4, 0.5) is 0 Å². The van der Waals surface area contributed by atoms with Crippen LogP contribution < -0.4 is 10.6 Å². The standard InChI is InChI=1S/C21H41N5O/c1-22-21(23-14-9-5-4-6-10-15-25(2)3)24-19-13-16-26(17-19)20(27)18-11-7-8-12-18/h18-19H,4-17H2,1-3H3,(H2,22,23,24). The topological polar surface area (TPSA) is 60.0 Å². The fraction of sp³-hybridized carbons (Fsp3) is 0.905. The van der Waals surface area contributed by atoms with Crippen LogP contribution in [0, 0.1) is 5.92 Å². The molecule has 0 aromatic carbocycles. The van der Waals surface area contributed by atoms with Crippen LogP contribution in [0.3, 0.4) is 0 Å². The second kappa shape index (κ2) is 12.2. The summed E-state index contributed by atoms with van der Waals surface area (Å²) in [5, 5.41) is 6.94. The van der Waals surface area contributed by atoms with Gasteiger partial charge in [0.25, 0.3) is 0 Å². The Kier molecular flexibility index (Phi) is 9.95. The van der Waals surface area contributed by atoms with E-state index in [4.69, 9.17) is 0 Å². The molecule has 1 unspecified atom stereocenters. The summed E-state index contributed by atoms with van der Waals surface area (Å²) in [7, 11) is 6.10. The van der Waals surface area contributed by atoms with Crippen molar-refractivity contribution in [1.29, 1.82) is 0 Å². The normalized spacial score (nSPS) is 21.3. The molecule has 1 saturated heterocycles. The molecule has 1 aliphatic carbocycles. The third kappa shape index (κ3) is 8.08. The highest BCUT2D eigenvalue weighted by atomic mass is 16.2. The van der Waals surface area contributed by atoms with Crippen LogP contribution in [0.2, 0.25) is 0 Å². The van der Waals surface area contributed by atoms with Crippen molar-refractivity contribution >= 4 is 11.9 Å². The van der Waals surface area contributed by atoms with Gasteiger partial charge in [-0.25, -0.2) is 0 Å². The highest BCUT2D eigenvalue weighted by Gasteiger charge is 2.32. The van der Waals surface area contributed by atoms with Gasteiger partial charge >= 0.3 is 0 Å². The number of hydrogen-bond donors (Lipinski definition) is 2. The zero-order chi connectivity index (χ0) is 19.5. The Hall–Kier alpha value is -1.30. The number of unbranched alkanes of at least 4 members (excludes halogenated alkanes) is 4. The van der Waals surface area contributed by atoms with Gasteiger partial charge in [-0.3, -0.25) is 9.79 Å². The number of carbonyl (C=O) groups excluding carboxylic acids is 1. The molecule has 0 aromatic heterocycles. The average Bonchev–Trinajstić information content (AvgIpc) is 3.34. The van der Waals surface area contributed by atoms with Gasteiger partial charge in [-0.05, 0) is 52.7 Å². The lowest BCUT2D eigenvalue weighted by Crippen LogP contribution is -2.45. The van der Waals surface area contributed by atoms with Crippen LogP contribution in [-0.4, -0.2) is 75.0 Å². The van der Waals surface area contributed by atoms with E-state index in [1.807, 2.05) is 7.05 Å². The summed E-state index contributed by atoms with van der Waals surface area (Å²) in [6.45, 7) is 3.86. The van der Waals surface area contributed by atoms with Gasteiger partial charge in [-0.15, -0.1) is 0 Å². The van der Waals surface area contributed by atoms with E-state index in [1.165, 1.54) is 51.5 Å². The first-order valence-electron chi connectivity index (χ1n) is 11.0. The van der Waals surface area contributed by atoms with Gasteiger partial charge in [0.15, 0.2) is 5.96 Å². The predicted molar refractivity (Wildman–Crippen MR) is 113 cm³/mol. The summed E-state index contributed by atoms with van der Waals surface area (Å²) in [4.78, 5) is 21.2. The van der Waals surface area contributed by atoms with Crippen molar-refractivity contribution in [3.05, 3.63) is 0 Å². The molecule has 1 heterocycles. The molecule has 1 atom stereocenters. The van der Waals surface area contributed by atoms with E-state index in [2.05, 4.69) is 39.5 Å². The molecule has 1 saturated carbocycles. The Labute approximate surface area is 166 Å². The number of rotatable bonds is 10. The first kappa shape index (κ1) is 22.0. The van der Waals surface area contributed by atoms with E-state index in [0.29, 0.717) is 17.9 Å². The Bertz CT molecular complexity index is 459. The van der Waals surface area contributed by atoms with Crippen molar-refractivity contribution in [3.8, 4) is 0 Å². The van der Waals surface area contributed by atoms with Gasteiger partial charge in [-0.1, -0.05) is 32.1 Å². The number of hydrogen-bond acceptors (Lipinski definition) is 3. The van der Waals surface area contributed by atoms with E-state index >= 15 is 0 Å². The van der Waals surface area contributed by atoms with Crippen molar-refractivity contribution in [2.45, 2.75) is 70.3 Å². The lowest BCUT2D eigenvalue weighted by molar-refractivity contribution is -0.134. The molecule has 6 nitrogen and oxygen atoms in total. The minimum Gasteiger partial charge on any atom is -0.356 e. The average molecular weight is 380 g/mol. The van der Waals surface area contributed by atoms with E-state index in [0.717, 1.165) is 44.9 Å². The van der Waals surface area contributed by atoms with Crippen LogP contribution >= 0.6 is 0 Å². The molecule has 0 bridgehead atoms. The molecule has 156 valence electrons. The quantitative estimate of drug-likeness (QED) is 0.348. The summed E-state index contributed by atoms with van der Waals surface area (Å²) in [6, 6.07) is 0.326. The largest absolute Gasteiger partial charge is 0.356 e. The van der Waals surface area contributed by atoms with E-state index in [9.17, 15) is 4.79 Å². The predicted octanol–water partition coefficient (Wildman–Crippen LogP) is 2.45. The van der Waals surface area contributed by atoms with E-state index in [-0.39, 0.29) is 0 Å². The number of guanidine groups is 1. The number of nitrogens with zero attached hydrogens (tertiary/aromatic N) is 3. The first-order chi connectivity index (χ1) is 13.1. The van der Waals surface area contributed by atoms with Crippen LogP contribution in [0.15, 0.2) is 4.99 Å². The monoisotopic (exact) mass is 379 g/mol. The number of carbonyl (C=O) groups is 1. The highest BCUT2D eigenvalue weighted by Crippen LogP contribution is 2.27. The molecule has 2 N–H and O–H groups in total. The minimum absolute atomic E-state index is 0.291. The highest BCUT2D eigenvalue weighted by molar-refractivity contribution is 5.81. The smallest absolute Gasteiger partial charge is 0.225 e. The number of likely N-dealkylation sites (tertiary alicyclic amines) is 1. The second-order valence-electron chi connectivity index (χ2n) is 8.47. The summed E-state index contributed by atoms with van der Waals surface area (Å²) in [5.41, 5.74) is 0. The van der Waals surface area contributed by atoms with Crippen molar-refractivity contribution in [2.24, 2.45) is 10.9 Å². The van der Waals surface area contributed by atoms with Crippen LogP contribution in [-0.2, 0) is 4.79 Å². The fourth-order valence-corrected chi connectivity index (χ4v) is 4.19. The molecular weight excluding hydrogens is 338 g/mol. The van der Waals surface area contributed by atoms with Crippen molar-refractivity contribution < 1.29 is 4.79 Å². The van der Waals surface area contributed by atoms with Crippen LogP contribution in [0.5, 0.6) is 0 Å². The zero-order valence-corrected chi connectivity index (χ0v) is 17.8. The minimum atomic E-state index is 0.291. The summed E-state index contributed by atoms with van der Waals surface area (Å²) >= 11 is 0. The van der Waals surface area contributed by atoms with E-state index < -0.39 is 0 Å². The number of aliphatic imine (C=N–C) groups is 1. The van der Waals surface area contributed by atoms with Crippen molar-refractivity contribution in [3.63, 3.8) is 0 Å². The second-order valence-corrected chi connectivity index (χ2v) is 8.47. The molecule has 1 amide bonds. The molecule has 2 fully saturated rings. The Morgan fingerprint density at radius 2 is 1.78 bits per heavy atom. The molecular formula is C21H41N5O.